The van der Waals surface area contributed by atoms with Crippen LogP contribution >= 0.6 is 0 Å². The van der Waals surface area contributed by atoms with E-state index in [0.717, 1.165) is 22.6 Å². The van der Waals surface area contributed by atoms with E-state index in [9.17, 15) is 0 Å². The molecule has 1 heterocycles. The number of rotatable bonds is 2. The van der Waals surface area contributed by atoms with Gasteiger partial charge in [0.05, 0.1) is 0 Å². The molecule has 64 valence electrons. The van der Waals surface area contributed by atoms with Crippen molar-refractivity contribution in [3.63, 3.8) is 0 Å². The van der Waals surface area contributed by atoms with Crippen LogP contribution in [0.1, 0.15) is 23.7 Å². The number of allylic oxidation sites excluding steroid dienone is 1. The molecule has 0 unspecified atom stereocenters. The molecule has 0 amide bonds. The van der Waals surface area contributed by atoms with Crippen molar-refractivity contribution in [3.05, 3.63) is 29.5 Å². The number of H-pyrrole nitrogens is 1. The van der Waals surface area contributed by atoms with Crippen LogP contribution in [0.15, 0.2) is 12.7 Å². The molecule has 0 aliphatic rings. The Kier molecular flexibility index (Phi) is 2.38. The molecule has 0 bridgehead atoms. The summed E-state index contributed by atoms with van der Waals surface area (Å²) in [5.74, 6) is 0.720. The van der Waals surface area contributed by atoms with Crippen LogP contribution in [0.5, 0.6) is 0 Å². The summed E-state index contributed by atoms with van der Waals surface area (Å²) in [7, 11) is 0. The number of aromatic nitrogens is 1. The second-order valence-electron chi connectivity index (χ2n) is 2.70. The first-order valence-corrected chi connectivity index (χ1v) is 3.93. The maximum atomic E-state index is 5.71. The fourth-order valence-electron chi connectivity index (χ4n) is 1.21. The topological polar surface area (TPSA) is 41.8 Å². The number of anilines is 1. The van der Waals surface area contributed by atoms with E-state index in [1.54, 1.807) is 0 Å². The zero-order chi connectivity index (χ0) is 9.14. The van der Waals surface area contributed by atoms with Gasteiger partial charge in [-0.25, -0.2) is 0 Å². The van der Waals surface area contributed by atoms with E-state index in [2.05, 4.69) is 11.6 Å². The van der Waals surface area contributed by atoms with E-state index >= 15 is 0 Å². The highest BCUT2D eigenvalue weighted by molar-refractivity contribution is 5.70. The summed E-state index contributed by atoms with van der Waals surface area (Å²) < 4.78 is 0. The highest BCUT2D eigenvalue weighted by atomic mass is 14.9. The first-order valence-electron chi connectivity index (χ1n) is 3.93. The summed E-state index contributed by atoms with van der Waals surface area (Å²) in [6, 6.07) is 0. The fraction of sp³-hybridized carbons (Fsp3) is 0.200. The summed E-state index contributed by atoms with van der Waals surface area (Å²) in [5.41, 5.74) is 8.90. The molecule has 2 heteroatoms. The molecule has 2 nitrogen and oxygen atoms in total. The molecule has 0 fully saturated rings. The summed E-state index contributed by atoms with van der Waals surface area (Å²) in [6.45, 7) is 7.69. The lowest BCUT2D eigenvalue weighted by atomic mass is 10.1. The molecule has 1 aromatic rings. The highest BCUT2D eigenvalue weighted by Crippen LogP contribution is 2.21. The van der Waals surface area contributed by atoms with E-state index in [1.165, 1.54) is 0 Å². The lowest BCUT2D eigenvalue weighted by Gasteiger charge is -1.91. The van der Waals surface area contributed by atoms with Crippen LogP contribution in [-0.2, 0) is 0 Å². The van der Waals surface area contributed by atoms with Crippen LogP contribution in [0, 0.1) is 6.92 Å². The van der Waals surface area contributed by atoms with E-state index in [1.807, 2.05) is 32.1 Å². The molecule has 12 heavy (non-hydrogen) atoms. The smallest absolute Gasteiger partial charge is 0.104 e. The number of nitrogens with one attached hydrogen (secondary N) is 1. The van der Waals surface area contributed by atoms with Gasteiger partial charge in [0, 0.05) is 11.3 Å². The minimum absolute atomic E-state index is 0.720. The summed E-state index contributed by atoms with van der Waals surface area (Å²) >= 11 is 0. The third-order valence-corrected chi connectivity index (χ3v) is 1.90. The van der Waals surface area contributed by atoms with Crippen LogP contribution in [0.3, 0.4) is 0 Å². The van der Waals surface area contributed by atoms with E-state index in [4.69, 9.17) is 5.73 Å². The molecular weight excluding hydrogens is 148 g/mol. The van der Waals surface area contributed by atoms with Gasteiger partial charge >= 0.3 is 0 Å². The van der Waals surface area contributed by atoms with Crippen LogP contribution in [0.25, 0.3) is 12.2 Å². The number of hydrogen-bond acceptors (Lipinski definition) is 1. The SMILES string of the molecule is C=Cc1c(/C=C\C)[nH]c(N)c1C. The second kappa shape index (κ2) is 3.30. The Balaban J connectivity index is 3.28. The molecule has 0 aromatic carbocycles. The Morgan fingerprint density at radius 2 is 2.17 bits per heavy atom. The van der Waals surface area contributed by atoms with Gasteiger partial charge in [-0.3, -0.25) is 0 Å². The molecule has 0 radical (unpaired) electrons. The summed E-state index contributed by atoms with van der Waals surface area (Å²) in [5, 5.41) is 0. The van der Waals surface area contributed by atoms with E-state index in [-0.39, 0.29) is 0 Å². The van der Waals surface area contributed by atoms with Crippen molar-refractivity contribution in [2.24, 2.45) is 0 Å². The van der Waals surface area contributed by atoms with Gasteiger partial charge in [-0.15, -0.1) is 0 Å². The van der Waals surface area contributed by atoms with Gasteiger partial charge in [0.1, 0.15) is 5.82 Å². The number of aromatic amines is 1. The fourth-order valence-corrected chi connectivity index (χ4v) is 1.21. The van der Waals surface area contributed by atoms with Crippen molar-refractivity contribution in [1.29, 1.82) is 0 Å². The van der Waals surface area contributed by atoms with Crippen molar-refractivity contribution in [2.45, 2.75) is 13.8 Å². The molecule has 3 N–H and O–H groups in total. The van der Waals surface area contributed by atoms with Crippen LogP contribution < -0.4 is 5.73 Å². The molecule has 0 saturated carbocycles. The van der Waals surface area contributed by atoms with Crippen molar-refractivity contribution < 1.29 is 0 Å². The van der Waals surface area contributed by atoms with Gasteiger partial charge in [0.25, 0.3) is 0 Å². The Bertz CT molecular complexity index is 319. The Hall–Kier alpha value is -1.44. The van der Waals surface area contributed by atoms with Gasteiger partial charge in [-0.1, -0.05) is 18.7 Å². The highest BCUT2D eigenvalue weighted by Gasteiger charge is 2.05. The zero-order valence-corrected chi connectivity index (χ0v) is 7.52. The average Bonchev–Trinajstić information content (AvgIpc) is 2.29. The van der Waals surface area contributed by atoms with Crippen LogP contribution in [0.4, 0.5) is 5.82 Å². The lowest BCUT2D eigenvalue weighted by molar-refractivity contribution is 1.36. The predicted molar refractivity (Wildman–Crippen MR) is 54.7 cm³/mol. The molecular formula is C10H14N2. The number of nitrogens with two attached hydrogens (primary N) is 1. The largest absolute Gasteiger partial charge is 0.385 e. The van der Waals surface area contributed by atoms with Crippen LogP contribution in [-0.4, -0.2) is 4.98 Å². The number of nitrogen functional groups attached to an aromatic ring is 1. The Labute approximate surface area is 72.8 Å². The maximum Gasteiger partial charge on any atom is 0.104 e. The van der Waals surface area contributed by atoms with Crippen molar-refractivity contribution >= 4 is 18.0 Å². The minimum Gasteiger partial charge on any atom is -0.385 e. The van der Waals surface area contributed by atoms with Crippen molar-refractivity contribution in [3.8, 4) is 0 Å². The Morgan fingerprint density at radius 3 is 2.67 bits per heavy atom. The van der Waals surface area contributed by atoms with Gasteiger partial charge in [-0.2, -0.15) is 0 Å². The summed E-state index contributed by atoms with van der Waals surface area (Å²) in [6.07, 6.45) is 5.77. The quantitative estimate of drug-likeness (QED) is 0.689. The van der Waals surface area contributed by atoms with Crippen molar-refractivity contribution in [1.82, 2.24) is 4.98 Å². The van der Waals surface area contributed by atoms with E-state index < -0.39 is 0 Å². The number of hydrogen-bond donors (Lipinski definition) is 2. The van der Waals surface area contributed by atoms with Gasteiger partial charge in [0.15, 0.2) is 0 Å². The van der Waals surface area contributed by atoms with Crippen LogP contribution in [0.2, 0.25) is 0 Å². The standard InChI is InChI=1S/C10H14N2/c1-4-6-9-8(5-2)7(3)10(11)12-9/h4-6,12H,2,11H2,1,3H3/b6-4-. The van der Waals surface area contributed by atoms with E-state index in [0.29, 0.717) is 0 Å². The first-order chi connectivity index (χ1) is 5.70. The van der Waals surface area contributed by atoms with Gasteiger partial charge in [-0.05, 0) is 25.5 Å². The first kappa shape index (κ1) is 8.65. The minimum atomic E-state index is 0.720. The van der Waals surface area contributed by atoms with Crippen molar-refractivity contribution in [2.75, 3.05) is 5.73 Å². The third kappa shape index (κ3) is 1.28. The van der Waals surface area contributed by atoms with Gasteiger partial charge in [0.2, 0.25) is 0 Å². The van der Waals surface area contributed by atoms with Gasteiger partial charge < -0.3 is 10.7 Å². The molecule has 0 saturated heterocycles. The maximum absolute atomic E-state index is 5.71. The molecule has 0 aliphatic heterocycles. The molecule has 0 aliphatic carbocycles. The third-order valence-electron chi connectivity index (χ3n) is 1.90. The molecule has 0 spiro atoms. The molecule has 1 aromatic heterocycles. The monoisotopic (exact) mass is 162 g/mol. The zero-order valence-electron chi connectivity index (χ0n) is 7.52. The normalized spacial score (nSPS) is 10.8. The second-order valence-corrected chi connectivity index (χ2v) is 2.70. The molecule has 0 atom stereocenters. The molecule has 1 rings (SSSR count). The Morgan fingerprint density at radius 1 is 1.50 bits per heavy atom. The lowest BCUT2D eigenvalue weighted by Crippen LogP contribution is -1.85. The summed E-state index contributed by atoms with van der Waals surface area (Å²) in [4.78, 5) is 3.08. The average molecular weight is 162 g/mol. The predicted octanol–water partition coefficient (Wildman–Crippen LogP) is 2.58.